The summed E-state index contributed by atoms with van der Waals surface area (Å²) in [6, 6.07) is 16.6. The van der Waals surface area contributed by atoms with Crippen molar-refractivity contribution in [1.82, 2.24) is 19.6 Å². The molecule has 4 aromatic rings. The van der Waals surface area contributed by atoms with Crippen molar-refractivity contribution in [2.75, 3.05) is 11.9 Å². The second-order valence-electron chi connectivity index (χ2n) is 6.33. The molecule has 0 amide bonds. The van der Waals surface area contributed by atoms with Gasteiger partial charge >= 0.3 is 0 Å². The molecule has 0 bridgehead atoms. The van der Waals surface area contributed by atoms with E-state index in [1.807, 2.05) is 29.6 Å². The lowest BCUT2D eigenvalue weighted by Crippen LogP contribution is -2.12. The Labute approximate surface area is 146 Å². The molecule has 0 saturated carbocycles. The number of fused-ring (bicyclic) bond motifs is 3. The maximum Gasteiger partial charge on any atom is 0.257 e. The summed E-state index contributed by atoms with van der Waals surface area (Å²) in [4.78, 5) is 6.81. The van der Waals surface area contributed by atoms with E-state index in [0.717, 1.165) is 28.0 Å². The van der Waals surface area contributed by atoms with Gasteiger partial charge in [-0.1, -0.05) is 35.9 Å². The Bertz CT molecular complexity index is 1080. The van der Waals surface area contributed by atoms with Gasteiger partial charge in [-0.05, 0) is 43.7 Å². The maximum absolute atomic E-state index is 4.73. The molecular formula is C20H19N5. The summed E-state index contributed by atoms with van der Waals surface area (Å²) in [5, 5.41) is 9.25. The number of benzene rings is 2. The molecular weight excluding hydrogens is 310 g/mol. The molecule has 0 radical (unpaired) electrons. The van der Waals surface area contributed by atoms with Crippen LogP contribution in [-0.4, -0.2) is 26.6 Å². The average Bonchev–Trinajstić information content (AvgIpc) is 3.09. The second-order valence-corrected chi connectivity index (χ2v) is 6.33. The summed E-state index contributed by atoms with van der Waals surface area (Å²) in [6.45, 7) is 4.19. The van der Waals surface area contributed by atoms with Gasteiger partial charge < -0.3 is 4.90 Å². The van der Waals surface area contributed by atoms with Crippen molar-refractivity contribution in [3.8, 4) is 0 Å². The number of aromatic nitrogens is 4. The molecule has 0 atom stereocenters. The molecule has 2 aromatic carbocycles. The van der Waals surface area contributed by atoms with Crippen LogP contribution in [0.2, 0.25) is 0 Å². The summed E-state index contributed by atoms with van der Waals surface area (Å²) in [5.41, 5.74) is 4.54. The van der Waals surface area contributed by atoms with Gasteiger partial charge in [0, 0.05) is 18.1 Å². The third kappa shape index (κ3) is 2.74. The molecule has 5 nitrogen and oxygen atoms in total. The Morgan fingerprint density at radius 3 is 2.64 bits per heavy atom. The molecule has 0 aliphatic heterocycles. The minimum absolute atomic E-state index is 0.597. The molecule has 4 rings (SSSR count). The topological polar surface area (TPSA) is 46.3 Å². The molecule has 0 aliphatic carbocycles. The molecule has 5 heteroatoms. The lowest BCUT2D eigenvalue weighted by molar-refractivity contribution is 1.08. The van der Waals surface area contributed by atoms with Crippen LogP contribution in [0.25, 0.3) is 22.8 Å². The van der Waals surface area contributed by atoms with Crippen LogP contribution in [0, 0.1) is 0 Å². The van der Waals surface area contributed by atoms with E-state index in [2.05, 4.69) is 65.4 Å². The highest BCUT2D eigenvalue weighted by Crippen LogP contribution is 2.30. The number of rotatable bonds is 3. The van der Waals surface area contributed by atoms with Crippen molar-refractivity contribution in [3.63, 3.8) is 0 Å². The number of anilines is 2. The van der Waals surface area contributed by atoms with E-state index in [4.69, 9.17) is 4.98 Å². The lowest BCUT2D eigenvalue weighted by Gasteiger charge is -2.20. The minimum Gasteiger partial charge on any atom is -0.329 e. The van der Waals surface area contributed by atoms with Gasteiger partial charge in [0.05, 0.1) is 5.52 Å². The summed E-state index contributed by atoms with van der Waals surface area (Å²) in [7, 11) is 2.02. The molecule has 25 heavy (non-hydrogen) atoms. The highest BCUT2D eigenvalue weighted by atomic mass is 15.3. The van der Waals surface area contributed by atoms with Crippen molar-refractivity contribution >= 4 is 34.3 Å². The van der Waals surface area contributed by atoms with E-state index < -0.39 is 0 Å². The Kier molecular flexibility index (Phi) is 3.69. The van der Waals surface area contributed by atoms with Crippen LogP contribution in [0.15, 0.2) is 60.4 Å². The normalized spacial score (nSPS) is 11.0. The minimum atomic E-state index is 0.597. The van der Waals surface area contributed by atoms with Gasteiger partial charge in [-0.2, -0.15) is 4.98 Å². The first-order valence-electron chi connectivity index (χ1n) is 8.20. The van der Waals surface area contributed by atoms with Crippen LogP contribution in [0.4, 0.5) is 11.5 Å². The Morgan fingerprint density at radius 1 is 1.08 bits per heavy atom. The first-order valence-corrected chi connectivity index (χ1v) is 8.20. The lowest BCUT2D eigenvalue weighted by atomic mass is 10.1. The maximum atomic E-state index is 4.73. The third-order valence-corrected chi connectivity index (χ3v) is 4.17. The molecule has 0 saturated heterocycles. The van der Waals surface area contributed by atoms with Gasteiger partial charge in [-0.15, -0.1) is 10.2 Å². The van der Waals surface area contributed by atoms with Gasteiger partial charge in [0.2, 0.25) is 0 Å². The van der Waals surface area contributed by atoms with E-state index in [0.29, 0.717) is 5.78 Å². The van der Waals surface area contributed by atoms with Crippen molar-refractivity contribution in [2.24, 2.45) is 0 Å². The predicted octanol–water partition coefficient (Wildman–Crippen LogP) is 4.47. The standard InChI is InChI=1S/C20H19N5/c1-14(2)11-15-9-10-17-18(12-15)25-13-21-23-20(25)22-19(17)24(3)16-7-5-4-6-8-16/h4-13H,1-3H3. The number of hydrogen-bond acceptors (Lipinski definition) is 4. The average molecular weight is 329 g/mol. The van der Waals surface area contributed by atoms with Gasteiger partial charge in [0.1, 0.15) is 12.1 Å². The fraction of sp³-hybridized carbons (Fsp3) is 0.150. The molecule has 0 unspecified atom stereocenters. The van der Waals surface area contributed by atoms with Crippen molar-refractivity contribution in [1.29, 1.82) is 0 Å². The van der Waals surface area contributed by atoms with Gasteiger partial charge in [-0.25, -0.2) is 0 Å². The third-order valence-electron chi connectivity index (χ3n) is 4.17. The molecule has 0 N–H and O–H groups in total. The smallest absolute Gasteiger partial charge is 0.257 e. The summed E-state index contributed by atoms with van der Waals surface area (Å²) in [6.07, 6.45) is 3.87. The van der Waals surface area contributed by atoms with Crippen molar-refractivity contribution in [2.45, 2.75) is 13.8 Å². The van der Waals surface area contributed by atoms with E-state index in [-0.39, 0.29) is 0 Å². The van der Waals surface area contributed by atoms with Gasteiger partial charge in [0.15, 0.2) is 0 Å². The molecule has 0 spiro atoms. The number of nitrogens with zero attached hydrogens (tertiary/aromatic N) is 5. The molecule has 2 heterocycles. The van der Waals surface area contributed by atoms with Crippen LogP contribution in [-0.2, 0) is 0 Å². The molecule has 124 valence electrons. The number of hydrogen-bond donors (Lipinski definition) is 0. The summed E-state index contributed by atoms with van der Waals surface area (Å²) >= 11 is 0. The predicted molar refractivity (Wildman–Crippen MR) is 102 cm³/mol. The van der Waals surface area contributed by atoms with Gasteiger partial charge in [-0.3, -0.25) is 4.40 Å². The molecule has 2 aromatic heterocycles. The zero-order valence-corrected chi connectivity index (χ0v) is 14.5. The van der Waals surface area contributed by atoms with Crippen LogP contribution in [0.5, 0.6) is 0 Å². The Balaban J connectivity index is 1.99. The van der Waals surface area contributed by atoms with Crippen molar-refractivity contribution in [3.05, 3.63) is 66.0 Å². The highest BCUT2D eigenvalue weighted by molar-refractivity contribution is 5.94. The first-order chi connectivity index (χ1) is 12.1. The Hall–Kier alpha value is -3.21. The van der Waals surface area contributed by atoms with E-state index in [1.165, 1.54) is 5.57 Å². The molecule has 0 fully saturated rings. The Morgan fingerprint density at radius 2 is 1.88 bits per heavy atom. The molecule has 0 aliphatic rings. The first kappa shape index (κ1) is 15.3. The SMILES string of the molecule is CC(C)=Cc1ccc2c(N(C)c3ccccc3)nc3nncn3c2c1. The zero-order valence-electron chi connectivity index (χ0n) is 14.5. The van der Waals surface area contributed by atoms with E-state index in [1.54, 1.807) is 6.33 Å². The number of para-hydroxylation sites is 1. The monoisotopic (exact) mass is 329 g/mol. The summed E-state index contributed by atoms with van der Waals surface area (Å²) < 4.78 is 1.93. The fourth-order valence-corrected chi connectivity index (χ4v) is 3.02. The van der Waals surface area contributed by atoms with E-state index in [9.17, 15) is 0 Å². The van der Waals surface area contributed by atoms with Crippen molar-refractivity contribution < 1.29 is 0 Å². The zero-order chi connectivity index (χ0) is 17.4. The summed E-state index contributed by atoms with van der Waals surface area (Å²) in [5.74, 6) is 1.46. The second kappa shape index (κ2) is 6.02. The van der Waals surface area contributed by atoms with Crippen LogP contribution >= 0.6 is 0 Å². The van der Waals surface area contributed by atoms with Crippen LogP contribution < -0.4 is 4.90 Å². The largest absolute Gasteiger partial charge is 0.329 e. The quantitative estimate of drug-likeness (QED) is 0.556. The number of allylic oxidation sites excluding steroid dienone is 1. The van der Waals surface area contributed by atoms with Crippen LogP contribution in [0.3, 0.4) is 0 Å². The van der Waals surface area contributed by atoms with Crippen LogP contribution in [0.1, 0.15) is 19.4 Å². The highest BCUT2D eigenvalue weighted by Gasteiger charge is 2.14. The fourth-order valence-electron chi connectivity index (χ4n) is 3.02. The van der Waals surface area contributed by atoms with E-state index >= 15 is 0 Å². The van der Waals surface area contributed by atoms with Gasteiger partial charge in [0.25, 0.3) is 5.78 Å².